The monoisotopic (exact) mass is 274 g/mol. The van der Waals surface area contributed by atoms with Crippen LogP contribution >= 0.6 is 0 Å². The molecule has 1 rings (SSSR count). The van der Waals surface area contributed by atoms with E-state index >= 15 is 0 Å². The lowest BCUT2D eigenvalue weighted by Gasteiger charge is -2.42. The van der Waals surface area contributed by atoms with Gasteiger partial charge in [0.05, 0.1) is 12.7 Å². The first-order valence-electron chi connectivity index (χ1n) is 6.20. The van der Waals surface area contributed by atoms with Gasteiger partial charge in [-0.15, -0.1) is 0 Å². The van der Waals surface area contributed by atoms with Gasteiger partial charge in [-0.05, 0) is 13.8 Å². The Hall–Kier alpha value is -0.790. The van der Waals surface area contributed by atoms with Crippen LogP contribution in [0.4, 0.5) is 0 Å². The molecule has 19 heavy (non-hydrogen) atoms. The molecule has 6 nitrogen and oxygen atoms in total. The van der Waals surface area contributed by atoms with E-state index in [1.54, 1.807) is 19.9 Å². The highest BCUT2D eigenvalue weighted by Crippen LogP contribution is 2.25. The van der Waals surface area contributed by atoms with Crippen LogP contribution in [0.1, 0.15) is 13.8 Å². The predicted molar refractivity (Wildman–Crippen MR) is 67.7 cm³/mol. The molecule has 1 heterocycles. The molecule has 1 fully saturated rings. The number of ether oxygens (including phenoxy) is 4. The molecule has 0 spiro atoms. The Morgan fingerprint density at radius 1 is 1.32 bits per heavy atom. The Balaban J connectivity index is 2.69. The van der Waals surface area contributed by atoms with Gasteiger partial charge >= 0.3 is 0 Å². The van der Waals surface area contributed by atoms with Crippen molar-refractivity contribution in [2.75, 3.05) is 20.8 Å². The Labute approximate surface area is 113 Å². The predicted octanol–water partition coefficient (Wildman–Crippen LogP) is 0.284. The summed E-state index contributed by atoms with van der Waals surface area (Å²) in [6.07, 6.45) is -0.673. The molecule has 0 radical (unpaired) electrons. The lowest BCUT2D eigenvalue weighted by Crippen LogP contribution is -2.58. The second-order valence-corrected chi connectivity index (χ2v) is 4.39. The van der Waals surface area contributed by atoms with Crippen LogP contribution in [-0.4, -0.2) is 62.9 Å². The average Bonchev–Trinajstić information content (AvgIpc) is 2.40. The lowest BCUT2D eigenvalue weighted by molar-refractivity contribution is -0.299. The molecular formula is C13H22O6. The summed E-state index contributed by atoms with van der Waals surface area (Å²) in [6.45, 7) is 3.65. The summed E-state index contributed by atoms with van der Waals surface area (Å²) in [7, 11) is 2.97. The van der Waals surface area contributed by atoms with Gasteiger partial charge in [0.25, 0.3) is 0 Å². The molecule has 110 valence electrons. The van der Waals surface area contributed by atoms with Gasteiger partial charge in [-0.1, -0.05) is 6.08 Å². The number of methoxy groups -OCH3 is 2. The fourth-order valence-electron chi connectivity index (χ4n) is 2.07. The molecule has 1 N–H and O–H groups in total. The van der Waals surface area contributed by atoms with Gasteiger partial charge in [0, 0.05) is 19.8 Å². The summed E-state index contributed by atoms with van der Waals surface area (Å²) in [5.41, 5.74) is 0.509. The molecule has 5 unspecified atom stereocenters. The molecule has 1 saturated heterocycles. The van der Waals surface area contributed by atoms with Crippen LogP contribution in [-0.2, 0) is 23.7 Å². The normalized spacial score (nSPS) is 36.3. The van der Waals surface area contributed by atoms with Gasteiger partial charge in [-0.2, -0.15) is 0 Å². The number of rotatable bonds is 6. The van der Waals surface area contributed by atoms with Crippen molar-refractivity contribution >= 4 is 6.29 Å². The quantitative estimate of drug-likeness (QED) is 0.554. The van der Waals surface area contributed by atoms with Crippen LogP contribution < -0.4 is 0 Å². The van der Waals surface area contributed by atoms with E-state index in [1.807, 2.05) is 0 Å². The zero-order chi connectivity index (χ0) is 14.4. The van der Waals surface area contributed by atoms with E-state index in [-0.39, 0.29) is 12.7 Å². The van der Waals surface area contributed by atoms with Crippen LogP contribution in [0.15, 0.2) is 11.6 Å². The Bertz CT molecular complexity index is 316. The van der Waals surface area contributed by atoms with E-state index in [2.05, 4.69) is 0 Å². The van der Waals surface area contributed by atoms with E-state index in [4.69, 9.17) is 18.9 Å². The largest absolute Gasteiger partial charge is 0.387 e. The van der Waals surface area contributed by atoms with Crippen LogP contribution in [0.3, 0.4) is 0 Å². The molecule has 1 aliphatic rings. The molecule has 0 bridgehead atoms. The van der Waals surface area contributed by atoms with E-state index in [9.17, 15) is 9.90 Å². The molecule has 0 amide bonds. The topological polar surface area (TPSA) is 74.2 Å². The van der Waals surface area contributed by atoms with Crippen molar-refractivity contribution in [2.45, 2.75) is 44.6 Å². The van der Waals surface area contributed by atoms with E-state index < -0.39 is 24.6 Å². The lowest BCUT2D eigenvalue weighted by atomic mass is 9.99. The number of allylic oxidation sites excluding steroid dienone is 1. The van der Waals surface area contributed by atoms with Crippen molar-refractivity contribution < 1.29 is 28.8 Å². The maximum absolute atomic E-state index is 10.7. The van der Waals surface area contributed by atoms with Gasteiger partial charge in [0.2, 0.25) is 0 Å². The van der Waals surface area contributed by atoms with Gasteiger partial charge in [0.15, 0.2) is 6.29 Å². The second kappa shape index (κ2) is 7.72. The summed E-state index contributed by atoms with van der Waals surface area (Å²) < 4.78 is 21.5. The zero-order valence-corrected chi connectivity index (χ0v) is 11.7. The third-order valence-electron chi connectivity index (χ3n) is 3.23. The number of hydrogen-bond acceptors (Lipinski definition) is 6. The Morgan fingerprint density at radius 3 is 2.42 bits per heavy atom. The summed E-state index contributed by atoms with van der Waals surface area (Å²) in [6, 6.07) is 0. The zero-order valence-electron chi connectivity index (χ0n) is 11.7. The van der Waals surface area contributed by atoms with Crippen molar-refractivity contribution in [1.29, 1.82) is 0 Å². The van der Waals surface area contributed by atoms with Gasteiger partial charge in [-0.3, -0.25) is 4.79 Å². The first kappa shape index (κ1) is 16.3. The van der Waals surface area contributed by atoms with Crippen molar-refractivity contribution in [1.82, 2.24) is 0 Å². The summed E-state index contributed by atoms with van der Waals surface area (Å²) in [5, 5.41) is 10.2. The van der Waals surface area contributed by atoms with Crippen molar-refractivity contribution in [3.63, 3.8) is 0 Å². The third kappa shape index (κ3) is 3.84. The minimum absolute atomic E-state index is 0.113. The highest BCUT2D eigenvalue weighted by Gasteiger charge is 2.44. The molecule has 1 aliphatic heterocycles. The number of carbonyl (C=O) groups is 1. The Morgan fingerprint density at radius 2 is 1.95 bits per heavy atom. The molecule has 0 aromatic heterocycles. The van der Waals surface area contributed by atoms with Crippen LogP contribution in [0, 0.1) is 0 Å². The molecule has 0 saturated carbocycles. The second-order valence-electron chi connectivity index (χ2n) is 4.39. The number of aliphatic hydroxyl groups excluding tert-OH is 1. The number of aliphatic hydroxyl groups is 1. The van der Waals surface area contributed by atoms with Gasteiger partial charge in [0.1, 0.15) is 24.6 Å². The van der Waals surface area contributed by atoms with Crippen LogP contribution in [0.25, 0.3) is 0 Å². The summed E-state index contributed by atoms with van der Waals surface area (Å²) in [5.74, 6) is 0. The molecule has 6 heteroatoms. The average molecular weight is 274 g/mol. The minimum atomic E-state index is -0.853. The SMILES string of the molecule is C/C=C(/C=O)COC1OC(C)C(OC)C(O)C1OC. The highest BCUT2D eigenvalue weighted by atomic mass is 16.7. The highest BCUT2D eigenvalue weighted by molar-refractivity contribution is 5.73. The number of hydrogen-bond donors (Lipinski definition) is 1. The summed E-state index contributed by atoms with van der Waals surface area (Å²) in [4.78, 5) is 10.7. The molecule has 0 aromatic carbocycles. The first-order valence-corrected chi connectivity index (χ1v) is 6.20. The van der Waals surface area contributed by atoms with Crippen LogP contribution in [0.5, 0.6) is 0 Å². The molecular weight excluding hydrogens is 252 g/mol. The maximum atomic E-state index is 10.7. The van der Waals surface area contributed by atoms with Gasteiger partial charge < -0.3 is 24.1 Å². The van der Waals surface area contributed by atoms with Crippen molar-refractivity contribution in [3.8, 4) is 0 Å². The van der Waals surface area contributed by atoms with E-state index in [0.29, 0.717) is 5.57 Å². The molecule has 0 aromatic rings. The minimum Gasteiger partial charge on any atom is -0.387 e. The van der Waals surface area contributed by atoms with Crippen molar-refractivity contribution in [3.05, 3.63) is 11.6 Å². The molecule has 5 atom stereocenters. The van der Waals surface area contributed by atoms with Crippen LogP contribution in [0.2, 0.25) is 0 Å². The fourth-order valence-corrected chi connectivity index (χ4v) is 2.07. The smallest absolute Gasteiger partial charge is 0.187 e. The number of carbonyl (C=O) groups excluding carboxylic acids is 1. The summed E-state index contributed by atoms with van der Waals surface area (Å²) >= 11 is 0. The fraction of sp³-hybridized carbons (Fsp3) is 0.769. The van der Waals surface area contributed by atoms with E-state index in [0.717, 1.165) is 6.29 Å². The number of aldehydes is 1. The van der Waals surface area contributed by atoms with E-state index in [1.165, 1.54) is 14.2 Å². The van der Waals surface area contributed by atoms with Gasteiger partial charge in [-0.25, -0.2) is 0 Å². The molecule has 0 aliphatic carbocycles. The standard InChI is InChI=1S/C13H22O6/c1-5-9(6-14)7-18-13-12(17-4)10(15)11(16-3)8(2)19-13/h5-6,8,10-13,15H,7H2,1-4H3/b9-5-. The first-order chi connectivity index (χ1) is 9.08. The van der Waals surface area contributed by atoms with Crippen molar-refractivity contribution in [2.24, 2.45) is 0 Å². The third-order valence-corrected chi connectivity index (χ3v) is 3.23. The Kier molecular flexibility index (Phi) is 6.60. The maximum Gasteiger partial charge on any atom is 0.187 e.